The Bertz CT molecular complexity index is 838. The largest absolute Gasteiger partial charge is 0.477 e. The monoisotopic (exact) mass is 407 g/mol. The molecular formula is C18H21N3O6S. The molecule has 10 heteroatoms. The fourth-order valence-electron chi connectivity index (χ4n) is 3.94. The first-order valence-corrected chi connectivity index (χ1v) is 9.81. The molecule has 1 amide bonds. The predicted octanol–water partition coefficient (Wildman–Crippen LogP) is 0.963. The van der Waals surface area contributed by atoms with Gasteiger partial charge in [0.15, 0.2) is 0 Å². The highest BCUT2D eigenvalue weighted by Crippen LogP contribution is 2.51. The van der Waals surface area contributed by atoms with Gasteiger partial charge >= 0.3 is 5.97 Å². The Labute approximate surface area is 165 Å². The minimum atomic E-state index is -1.19. The van der Waals surface area contributed by atoms with Gasteiger partial charge in [0.25, 0.3) is 5.69 Å². The van der Waals surface area contributed by atoms with E-state index in [-0.39, 0.29) is 17.3 Å². The number of aliphatic hydroxyl groups is 1. The Hall–Kier alpha value is -2.43. The Morgan fingerprint density at radius 3 is 2.54 bits per heavy atom. The van der Waals surface area contributed by atoms with Gasteiger partial charge < -0.3 is 20.8 Å². The molecule has 28 heavy (non-hydrogen) atoms. The standard InChI is InChI=1S/C18H21N3O6S/c1-9(22)13-14-12(8-10-2-4-11(5-3-10)21(26)27)16(28-7-6-19)15(18(24)25)20(14)17(13)23/h2-5,9,12-14,22H,6-8,19H2,1H3,(H,24,25). The molecule has 9 nitrogen and oxygen atoms in total. The average Bonchev–Trinajstić information content (AvgIpc) is 2.90. The number of hydrogen-bond acceptors (Lipinski definition) is 7. The topological polar surface area (TPSA) is 147 Å². The summed E-state index contributed by atoms with van der Waals surface area (Å²) in [5.74, 6) is -2.07. The maximum absolute atomic E-state index is 12.5. The fraction of sp³-hybridized carbons (Fsp3) is 0.444. The first-order valence-electron chi connectivity index (χ1n) is 8.82. The van der Waals surface area contributed by atoms with Gasteiger partial charge in [0.2, 0.25) is 5.91 Å². The van der Waals surface area contributed by atoms with Crippen molar-refractivity contribution in [2.75, 3.05) is 12.3 Å². The van der Waals surface area contributed by atoms with Crippen LogP contribution in [-0.4, -0.2) is 56.4 Å². The second kappa shape index (κ2) is 7.90. The third kappa shape index (κ3) is 3.38. The van der Waals surface area contributed by atoms with Gasteiger partial charge in [-0.05, 0) is 18.9 Å². The smallest absolute Gasteiger partial charge is 0.353 e. The van der Waals surface area contributed by atoms with Crippen molar-refractivity contribution < 1.29 is 24.7 Å². The number of amides is 1. The number of non-ortho nitro benzene ring substituents is 1. The molecule has 1 aromatic carbocycles. The van der Waals surface area contributed by atoms with Crippen LogP contribution in [0.3, 0.4) is 0 Å². The number of nitrogens with two attached hydrogens (primary N) is 1. The molecule has 0 saturated carbocycles. The van der Waals surface area contributed by atoms with Crippen molar-refractivity contribution in [3.8, 4) is 0 Å². The second-order valence-corrected chi connectivity index (χ2v) is 7.99. The van der Waals surface area contributed by atoms with Gasteiger partial charge in [-0.2, -0.15) is 0 Å². The predicted molar refractivity (Wildman–Crippen MR) is 102 cm³/mol. The Morgan fingerprint density at radius 1 is 1.39 bits per heavy atom. The van der Waals surface area contributed by atoms with Crippen LogP contribution in [0, 0.1) is 22.0 Å². The first-order chi connectivity index (χ1) is 13.3. The summed E-state index contributed by atoms with van der Waals surface area (Å²) in [5, 5.41) is 30.6. The molecule has 2 heterocycles. The molecule has 0 radical (unpaired) electrons. The summed E-state index contributed by atoms with van der Waals surface area (Å²) in [7, 11) is 0. The highest BCUT2D eigenvalue weighted by molar-refractivity contribution is 8.03. The average molecular weight is 407 g/mol. The van der Waals surface area contributed by atoms with Crippen molar-refractivity contribution in [3.63, 3.8) is 0 Å². The number of nitro benzene ring substituents is 1. The number of hydrogen-bond donors (Lipinski definition) is 3. The lowest BCUT2D eigenvalue weighted by atomic mass is 9.76. The maximum Gasteiger partial charge on any atom is 0.353 e. The molecule has 0 aromatic heterocycles. The van der Waals surface area contributed by atoms with Crippen molar-refractivity contribution in [1.82, 2.24) is 4.90 Å². The van der Waals surface area contributed by atoms with Gasteiger partial charge in [-0.15, -0.1) is 11.8 Å². The number of fused-ring (bicyclic) bond motifs is 1. The van der Waals surface area contributed by atoms with Crippen LogP contribution in [0.2, 0.25) is 0 Å². The van der Waals surface area contributed by atoms with E-state index < -0.39 is 34.9 Å². The zero-order valence-electron chi connectivity index (χ0n) is 15.1. The quantitative estimate of drug-likeness (QED) is 0.328. The van der Waals surface area contributed by atoms with Gasteiger partial charge in [0.1, 0.15) is 5.70 Å². The van der Waals surface area contributed by atoms with Crippen LogP contribution in [0.15, 0.2) is 34.9 Å². The van der Waals surface area contributed by atoms with Gasteiger partial charge in [-0.1, -0.05) is 12.1 Å². The summed E-state index contributed by atoms with van der Waals surface area (Å²) < 4.78 is 0. The number of carbonyl (C=O) groups excluding carboxylic acids is 1. The second-order valence-electron chi connectivity index (χ2n) is 6.85. The number of rotatable bonds is 8. The summed E-state index contributed by atoms with van der Waals surface area (Å²) in [6, 6.07) is 5.60. The van der Waals surface area contributed by atoms with Crippen LogP contribution in [0.1, 0.15) is 12.5 Å². The lowest BCUT2D eigenvalue weighted by molar-refractivity contribution is -0.384. The maximum atomic E-state index is 12.5. The fourth-order valence-corrected chi connectivity index (χ4v) is 5.03. The molecular weight excluding hydrogens is 386 g/mol. The van der Waals surface area contributed by atoms with E-state index in [0.717, 1.165) is 5.56 Å². The van der Waals surface area contributed by atoms with Crippen LogP contribution in [0.4, 0.5) is 5.69 Å². The molecule has 1 aromatic rings. The zero-order chi connectivity index (χ0) is 20.6. The number of β-lactam (4-membered cyclic amide) rings is 1. The van der Waals surface area contributed by atoms with Crippen LogP contribution < -0.4 is 5.73 Å². The van der Waals surface area contributed by atoms with E-state index in [0.29, 0.717) is 23.6 Å². The highest BCUT2D eigenvalue weighted by atomic mass is 32.2. The normalized spacial score (nSPS) is 24.8. The molecule has 2 aliphatic rings. The Kier molecular flexibility index (Phi) is 5.73. The molecule has 150 valence electrons. The van der Waals surface area contributed by atoms with Crippen molar-refractivity contribution >= 4 is 29.3 Å². The van der Waals surface area contributed by atoms with Crippen molar-refractivity contribution in [3.05, 3.63) is 50.5 Å². The Balaban J connectivity index is 1.97. The highest BCUT2D eigenvalue weighted by Gasteiger charge is 2.61. The van der Waals surface area contributed by atoms with Crippen LogP contribution in [0.5, 0.6) is 0 Å². The van der Waals surface area contributed by atoms with E-state index in [2.05, 4.69) is 0 Å². The number of carboxylic acid groups (broad SMARTS) is 1. The molecule has 3 rings (SSSR count). The number of nitro groups is 1. The number of aliphatic hydroxyl groups excluding tert-OH is 1. The first kappa shape index (κ1) is 20.3. The zero-order valence-corrected chi connectivity index (χ0v) is 16.0. The molecule has 4 atom stereocenters. The Morgan fingerprint density at radius 2 is 2.04 bits per heavy atom. The van der Waals surface area contributed by atoms with E-state index in [9.17, 15) is 29.9 Å². The molecule has 1 saturated heterocycles. The summed E-state index contributed by atoms with van der Waals surface area (Å²) in [5.41, 5.74) is 6.30. The molecule has 0 spiro atoms. The summed E-state index contributed by atoms with van der Waals surface area (Å²) in [4.78, 5) is 36.6. The summed E-state index contributed by atoms with van der Waals surface area (Å²) in [6.45, 7) is 1.87. The lowest BCUT2D eigenvalue weighted by Gasteiger charge is -2.47. The van der Waals surface area contributed by atoms with Crippen molar-refractivity contribution in [2.24, 2.45) is 17.6 Å². The number of aliphatic carboxylic acids is 1. The van der Waals surface area contributed by atoms with E-state index in [1.165, 1.54) is 35.7 Å². The van der Waals surface area contributed by atoms with Crippen LogP contribution in [0.25, 0.3) is 0 Å². The van der Waals surface area contributed by atoms with E-state index in [4.69, 9.17) is 5.73 Å². The summed E-state index contributed by atoms with van der Waals surface area (Å²) in [6.07, 6.45) is -0.499. The summed E-state index contributed by atoms with van der Waals surface area (Å²) >= 11 is 1.31. The minimum Gasteiger partial charge on any atom is -0.477 e. The van der Waals surface area contributed by atoms with Crippen molar-refractivity contribution in [2.45, 2.75) is 25.5 Å². The van der Waals surface area contributed by atoms with Gasteiger partial charge in [-0.25, -0.2) is 4.79 Å². The number of carbonyl (C=O) groups is 2. The van der Waals surface area contributed by atoms with Gasteiger partial charge in [-0.3, -0.25) is 14.9 Å². The number of thioether (sulfide) groups is 1. The third-order valence-corrected chi connectivity index (χ3v) is 6.36. The SMILES string of the molecule is CC(O)C1C(=O)N2C(C(=O)O)=C(SCCN)C(Cc3ccc([N+](=O)[O-])cc3)C12. The molecule has 4 unspecified atom stereocenters. The van der Waals surface area contributed by atoms with Crippen LogP contribution in [-0.2, 0) is 16.0 Å². The molecule has 2 aliphatic heterocycles. The molecule has 1 fully saturated rings. The van der Waals surface area contributed by atoms with E-state index in [1.54, 1.807) is 12.1 Å². The van der Waals surface area contributed by atoms with Gasteiger partial charge in [0, 0.05) is 35.3 Å². The van der Waals surface area contributed by atoms with Crippen LogP contribution >= 0.6 is 11.8 Å². The van der Waals surface area contributed by atoms with E-state index >= 15 is 0 Å². The van der Waals surface area contributed by atoms with E-state index in [1.807, 2.05) is 0 Å². The molecule has 0 bridgehead atoms. The van der Waals surface area contributed by atoms with Gasteiger partial charge in [0.05, 0.1) is 23.0 Å². The molecule has 0 aliphatic carbocycles. The number of carboxylic acids is 1. The number of benzene rings is 1. The molecule has 4 N–H and O–H groups in total. The van der Waals surface area contributed by atoms with Crippen molar-refractivity contribution in [1.29, 1.82) is 0 Å². The third-order valence-electron chi connectivity index (χ3n) is 5.11. The number of nitrogens with zero attached hydrogens (tertiary/aromatic N) is 2. The minimum absolute atomic E-state index is 0.0306. The lowest BCUT2D eigenvalue weighted by Crippen LogP contribution is -2.64.